The zero-order chi connectivity index (χ0) is 30.7. The fraction of sp³-hybridized carbons (Fsp3) is 0.147. The topological polar surface area (TPSA) is 115 Å². The number of ether oxygens (including phenoxy) is 3. The molecule has 0 saturated carbocycles. The van der Waals surface area contributed by atoms with E-state index in [0.29, 0.717) is 59.6 Å². The number of anilines is 2. The van der Waals surface area contributed by atoms with Crippen LogP contribution in [0.1, 0.15) is 22.8 Å². The van der Waals surface area contributed by atoms with E-state index < -0.39 is 11.8 Å². The van der Waals surface area contributed by atoms with Gasteiger partial charge in [-0.05, 0) is 73.2 Å². The fourth-order valence-electron chi connectivity index (χ4n) is 4.27. The van der Waals surface area contributed by atoms with Crippen LogP contribution in [0.15, 0.2) is 108 Å². The van der Waals surface area contributed by atoms with Gasteiger partial charge in [-0.25, -0.2) is 0 Å². The SMILES string of the molecule is CCOc1ccc(/C=C(/NC(=O)c2ccccc2)C(=O)Nc2cccc(SCC(=O)Nc3ccc4c(c3)OCCO4)c2)cc1. The molecule has 3 amide bonds. The lowest BCUT2D eigenvalue weighted by atomic mass is 10.1. The number of nitrogens with one attached hydrogen (secondary N) is 3. The summed E-state index contributed by atoms with van der Waals surface area (Å²) in [4.78, 5) is 39.8. The molecule has 1 heterocycles. The van der Waals surface area contributed by atoms with Crippen molar-refractivity contribution in [2.24, 2.45) is 0 Å². The predicted molar refractivity (Wildman–Crippen MR) is 171 cm³/mol. The van der Waals surface area contributed by atoms with Crippen LogP contribution in [0.3, 0.4) is 0 Å². The Balaban J connectivity index is 1.24. The standard InChI is InChI=1S/C34H31N3O6S/c1-2-41-27-14-11-23(12-15-27)19-29(37-33(39)24-7-4-3-5-8-24)34(40)36-25-9-6-10-28(20-25)44-22-32(38)35-26-13-16-30-31(21-26)43-18-17-42-30/h3-16,19-21H,2,17-18,22H2,1H3,(H,35,38)(H,36,40)(H,37,39)/b29-19+. The van der Waals surface area contributed by atoms with Gasteiger partial charge in [-0.3, -0.25) is 14.4 Å². The van der Waals surface area contributed by atoms with Crippen LogP contribution in [-0.4, -0.2) is 43.3 Å². The normalized spacial score (nSPS) is 12.2. The molecule has 0 bridgehead atoms. The summed E-state index contributed by atoms with van der Waals surface area (Å²) in [5, 5.41) is 8.47. The van der Waals surface area contributed by atoms with Gasteiger partial charge in [-0.1, -0.05) is 36.4 Å². The summed E-state index contributed by atoms with van der Waals surface area (Å²) >= 11 is 1.33. The lowest BCUT2D eigenvalue weighted by molar-refractivity contribution is -0.114. The van der Waals surface area contributed by atoms with Crippen molar-refractivity contribution in [2.75, 3.05) is 36.2 Å². The Bertz CT molecular complexity index is 1660. The molecule has 0 spiro atoms. The molecule has 4 aromatic carbocycles. The van der Waals surface area contributed by atoms with Gasteiger partial charge in [-0.2, -0.15) is 0 Å². The van der Waals surface area contributed by atoms with Crippen molar-refractivity contribution in [1.29, 1.82) is 0 Å². The monoisotopic (exact) mass is 609 g/mol. The smallest absolute Gasteiger partial charge is 0.272 e. The molecule has 0 aliphatic carbocycles. The van der Waals surface area contributed by atoms with Gasteiger partial charge >= 0.3 is 0 Å². The van der Waals surface area contributed by atoms with E-state index in [1.807, 2.05) is 19.1 Å². The first kappa shape index (κ1) is 30.2. The van der Waals surface area contributed by atoms with Crippen LogP contribution in [0, 0.1) is 0 Å². The van der Waals surface area contributed by atoms with Crippen LogP contribution >= 0.6 is 11.8 Å². The van der Waals surface area contributed by atoms with Crippen molar-refractivity contribution < 1.29 is 28.6 Å². The Morgan fingerprint density at radius 3 is 2.34 bits per heavy atom. The summed E-state index contributed by atoms with van der Waals surface area (Å²) in [6, 6.07) is 28.3. The van der Waals surface area contributed by atoms with Crippen LogP contribution in [0.25, 0.3) is 6.08 Å². The average Bonchev–Trinajstić information content (AvgIpc) is 3.05. The zero-order valence-corrected chi connectivity index (χ0v) is 24.8. The molecule has 10 heteroatoms. The second-order valence-electron chi connectivity index (χ2n) is 9.56. The summed E-state index contributed by atoms with van der Waals surface area (Å²) in [6.45, 7) is 3.40. The van der Waals surface area contributed by atoms with E-state index >= 15 is 0 Å². The van der Waals surface area contributed by atoms with Crippen molar-refractivity contribution in [3.05, 3.63) is 114 Å². The second-order valence-corrected chi connectivity index (χ2v) is 10.6. The Morgan fingerprint density at radius 1 is 0.818 bits per heavy atom. The number of thioether (sulfide) groups is 1. The lowest BCUT2D eigenvalue weighted by Crippen LogP contribution is -2.30. The summed E-state index contributed by atoms with van der Waals surface area (Å²) in [5.41, 5.74) is 2.33. The quantitative estimate of drug-likeness (QED) is 0.141. The van der Waals surface area contributed by atoms with Gasteiger partial charge in [0.2, 0.25) is 5.91 Å². The van der Waals surface area contributed by atoms with Gasteiger partial charge < -0.3 is 30.2 Å². The molecule has 0 saturated heterocycles. The van der Waals surface area contributed by atoms with Gasteiger partial charge in [0.05, 0.1) is 12.4 Å². The molecule has 1 aliphatic rings. The molecule has 3 N–H and O–H groups in total. The molecule has 9 nitrogen and oxygen atoms in total. The highest BCUT2D eigenvalue weighted by atomic mass is 32.2. The van der Waals surface area contributed by atoms with Crippen LogP contribution in [-0.2, 0) is 9.59 Å². The third-order valence-electron chi connectivity index (χ3n) is 6.32. The van der Waals surface area contributed by atoms with Crippen molar-refractivity contribution in [3.8, 4) is 17.2 Å². The first-order valence-corrected chi connectivity index (χ1v) is 15.0. The molecule has 0 atom stereocenters. The average molecular weight is 610 g/mol. The zero-order valence-electron chi connectivity index (χ0n) is 24.0. The van der Waals surface area contributed by atoms with E-state index in [4.69, 9.17) is 14.2 Å². The van der Waals surface area contributed by atoms with Crippen molar-refractivity contribution >= 4 is 46.9 Å². The number of carbonyl (C=O) groups excluding carboxylic acids is 3. The minimum atomic E-state index is -0.498. The van der Waals surface area contributed by atoms with Crippen LogP contribution in [0.5, 0.6) is 17.2 Å². The molecule has 5 rings (SSSR count). The van der Waals surface area contributed by atoms with Gasteiger partial charge in [0.15, 0.2) is 11.5 Å². The maximum absolute atomic E-state index is 13.4. The third kappa shape index (κ3) is 8.42. The summed E-state index contributed by atoms with van der Waals surface area (Å²) in [6.07, 6.45) is 1.60. The molecule has 0 aromatic heterocycles. The Kier molecular flexibility index (Phi) is 10.2. The third-order valence-corrected chi connectivity index (χ3v) is 7.31. The Morgan fingerprint density at radius 2 is 1.57 bits per heavy atom. The summed E-state index contributed by atoms with van der Waals surface area (Å²) in [7, 11) is 0. The Labute approximate surface area is 259 Å². The molecule has 1 aliphatic heterocycles. The van der Waals surface area contributed by atoms with Crippen LogP contribution < -0.4 is 30.2 Å². The molecule has 0 fully saturated rings. The predicted octanol–water partition coefficient (Wildman–Crippen LogP) is 6.00. The number of amides is 3. The number of carbonyl (C=O) groups is 3. The molecule has 44 heavy (non-hydrogen) atoms. The first-order valence-electron chi connectivity index (χ1n) is 14.0. The van der Waals surface area contributed by atoms with Crippen LogP contribution in [0.2, 0.25) is 0 Å². The largest absolute Gasteiger partial charge is 0.494 e. The lowest BCUT2D eigenvalue weighted by Gasteiger charge is -2.19. The minimum absolute atomic E-state index is 0.0693. The molecule has 0 radical (unpaired) electrons. The summed E-state index contributed by atoms with van der Waals surface area (Å²) in [5.74, 6) is 1.01. The van der Waals surface area contributed by atoms with Crippen molar-refractivity contribution in [2.45, 2.75) is 11.8 Å². The van der Waals surface area contributed by atoms with E-state index in [-0.39, 0.29) is 17.4 Å². The maximum atomic E-state index is 13.4. The van der Waals surface area contributed by atoms with Crippen LogP contribution in [0.4, 0.5) is 11.4 Å². The molecule has 4 aromatic rings. The van der Waals surface area contributed by atoms with Crippen molar-refractivity contribution in [3.63, 3.8) is 0 Å². The van der Waals surface area contributed by atoms with Gasteiger partial charge in [0.1, 0.15) is 24.7 Å². The highest BCUT2D eigenvalue weighted by Crippen LogP contribution is 2.32. The Hall–Kier alpha value is -5.22. The van der Waals surface area contributed by atoms with E-state index in [9.17, 15) is 14.4 Å². The first-order chi connectivity index (χ1) is 21.5. The highest BCUT2D eigenvalue weighted by molar-refractivity contribution is 8.00. The number of fused-ring (bicyclic) bond motifs is 1. The maximum Gasteiger partial charge on any atom is 0.272 e. The van der Waals surface area contributed by atoms with Gasteiger partial charge in [0.25, 0.3) is 11.8 Å². The van der Waals surface area contributed by atoms with Crippen molar-refractivity contribution in [1.82, 2.24) is 5.32 Å². The molecule has 0 unspecified atom stereocenters. The molecule has 224 valence electrons. The highest BCUT2D eigenvalue weighted by Gasteiger charge is 2.16. The van der Waals surface area contributed by atoms with E-state index in [0.717, 1.165) is 4.90 Å². The number of rotatable bonds is 11. The number of hydrogen-bond donors (Lipinski definition) is 3. The summed E-state index contributed by atoms with van der Waals surface area (Å²) < 4.78 is 16.6. The fourth-order valence-corrected chi connectivity index (χ4v) is 5.02. The van der Waals surface area contributed by atoms with E-state index in [1.54, 1.807) is 91.0 Å². The number of benzene rings is 4. The second kappa shape index (κ2) is 14.8. The van der Waals surface area contributed by atoms with Gasteiger partial charge in [0, 0.05) is 27.9 Å². The van der Waals surface area contributed by atoms with E-state index in [2.05, 4.69) is 16.0 Å². The molecular formula is C34H31N3O6S. The number of hydrogen-bond acceptors (Lipinski definition) is 7. The molecular weight excluding hydrogens is 578 g/mol. The van der Waals surface area contributed by atoms with E-state index in [1.165, 1.54) is 11.8 Å². The van der Waals surface area contributed by atoms with Gasteiger partial charge in [-0.15, -0.1) is 11.8 Å². The minimum Gasteiger partial charge on any atom is -0.494 e.